The summed E-state index contributed by atoms with van der Waals surface area (Å²) in [7, 11) is 0. The summed E-state index contributed by atoms with van der Waals surface area (Å²) in [5, 5.41) is 3.87. The SMILES string of the molecule is NC(=O)c1ccc(-c2nc(NC3CCCCC3)ncc2Cl)cc1. The Kier molecular flexibility index (Phi) is 4.76. The van der Waals surface area contributed by atoms with Crippen LogP contribution in [0.1, 0.15) is 42.5 Å². The van der Waals surface area contributed by atoms with E-state index in [1.807, 2.05) is 0 Å². The molecule has 2 aromatic rings. The van der Waals surface area contributed by atoms with Crippen molar-refractivity contribution < 1.29 is 4.79 Å². The molecule has 1 fully saturated rings. The van der Waals surface area contributed by atoms with E-state index in [0.717, 1.165) is 18.4 Å². The van der Waals surface area contributed by atoms with Crippen molar-refractivity contribution in [3.8, 4) is 11.3 Å². The number of nitrogens with two attached hydrogens (primary N) is 1. The van der Waals surface area contributed by atoms with Crippen molar-refractivity contribution >= 4 is 23.5 Å². The van der Waals surface area contributed by atoms with Gasteiger partial charge in [-0.2, -0.15) is 0 Å². The van der Waals surface area contributed by atoms with Gasteiger partial charge in [-0.15, -0.1) is 0 Å². The highest BCUT2D eigenvalue weighted by Gasteiger charge is 2.15. The van der Waals surface area contributed by atoms with Crippen molar-refractivity contribution in [2.75, 3.05) is 5.32 Å². The molecule has 0 saturated heterocycles. The zero-order valence-electron chi connectivity index (χ0n) is 12.8. The quantitative estimate of drug-likeness (QED) is 0.896. The molecular formula is C17H19ClN4O. The van der Waals surface area contributed by atoms with Crippen LogP contribution in [0.25, 0.3) is 11.3 Å². The highest BCUT2D eigenvalue weighted by atomic mass is 35.5. The molecule has 3 N–H and O–H groups in total. The average Bonchev–Trinajstić information content (AvgIpc) is 2.58. The Morgan fingerprint density at radius 2 is 1.87 bits per heavy atom. The normalized spacial score (nSPS) is 15.3. The second kappa shape index (κ2) is 6.96. The molecule has 1 aromatic heterocycles. The zero-order valence-corrected chi connectivity index (χ0v) is 13.5. The van der Waals surface area contributed by atoms with Crippen molar-refractivity contribution in [3.63, 3.8) is 0 Å². The van der Waals surface area contributed by atoms with Gasteiger partial charge in [0, 0.05) is 17.2 Å². The summed E-state index contributed by atoms with van der Waals surface area (Å²) in [4.78, 5) is 20.0. The lowest BCUT2D eigenvalue weighted by molar-refractivity contribution is 0.100. The molecule has 0 aliphatic heterocycles. The predicted octanol–water partition coefficient (Wildman–Crippen LogP) is 3.64. The fourth-order valence-electron chi connectivity index (χ4n) is 2.86. The largest absolute Gasteiger partial charge is 0.366 e. The maximum atomic E-state index is 11.2. The molecule has 5 nitrogen and oxygen atoms in total. The van der Waals surface area contributed by atoms with E-state index in [0.29, 0.717) is 28.3 Å². The number of nitrogens with one attached hydrogen (secondary N) is 1. The summed E-state index contributed by atoms with van der Waals surface area (Å²) >= 11 is 6.23. The molecule has 0 radical (unpaired) electrons. The highest BCUT2D eigenvalue weighted by Crippen LogP contribution is 2.27. The van der Waals surface area contributed by atoms with Crippen molar-refractivity contribution in [1.82, 2.24) is 9.97 Å². The summed E-state index contributed by atoms with van der Waals surface area (Å²) in [6, 6.07) is 7.35. The van der Waals surface area contributed by atoms with E-state index < -0.39 is 5.91 Å². The minimum atomic E-state index is -0.454. The molecule has 120 valence electrons. The van der Waals surface area contributed by atoms with E-state index in [4.69, 9.17) is 17.3 Å². The number of carbonyl (C=O) groups excluding carboxylic acids is 1. The molecule has 3 rings (SSSR count). The Labute approximate surface area is 140 Å². The molecular weight excluding hydrogens is 312 g/mol. The number of aromatic nitrogens is 2. The van der Waals surface area contributed by atoms with Gasteiger partial charge in [0.25, 0.3) is 0 Å². The number of anilines is 1. The van der Waals surface area contributed by atoms with Gasteiger partial charge in [-0.25, -0.2) is 9.97 Å². The number of rotatable bonds is 4. The number of primary amides is 1. The monoisotopic (exact) mass is 330 g/mol. The molecule has 0 spiro atoms. The zero-order chi connectivity index (χ0) is 16.2. The first-order valence-corrected chi connectivity index (χ1v) is 8.20. The summed E-state index contributed by atoms with van der Waals surface area (Å²) < 4.78 is 0. The van der Waals surface area contributed by atoms with Crippen molar-refractivity contribution in [1.29, 1.82) is 0 Å². The standard InChI is InChI=1S/C17H19ClN4O/c18-14-10-20-17(21-13-4-2-1-3-5-13)22-15(14)11-6-8-12(9-7-11)16(19)23/h6-10,13H,1-5H2,(H2,19,23)(H,20,21,22). The first kappa shape index (κ1) is 15.7. The maximum absolute atomic E-state index is 11.2. The van der Waals surface area contributed by atoms with Crippen LogP contribution in [-0.4, -0.2) is 21.9 Å². The van der Waals surface area contributed by atoms with Gasteiger partial charge in [-0.3, -0.25) is 4.79 Å². The van der Waals surface area contributed by atoms with Gasteiger partial charge in [-0.1, -0.05) is 43.0 Å². The minimum absolute atomic E-state index is 0.426. The molecule has 23 heavy (non-hydrogen) atoms. The number of benzene rings is 1. The third kappa shape index (κ3) is 3.79. The lowest BCUT2D eigenvalue weighted by atomic mass is 9.96. The predicted molar refractivity (Wildman–Crippen MR) is 91.5 cm³/mol. The molecule has 1 saturated carbocycles. The lowest BCUT2D eigenvalue weighted by Crippen LogP contribution is -2.23. The Balaban J connectivity index is 1.83. The number of hydrogen-bond donors (Lipinski definition) is 2. The number of amides is 1. The minimum Gasteiger partial charge on any atom is -0.366 e. The van der Waals surface area contributed by atoms with E-state index in [-0.39, 0.29) is 0 Å². The first-order chi connectivity index (χ1) is 11.1. The average molecular weight is 331 g/mol. The van der Waals surface area contributed by atoms with Crippen LogP contribution in [0, 0.1) is 0 Å². The van der Waals surface area contributed by atoms with Crippen LogP contribution >= 0.6 is 11.6 Å². The van der Waals surface area contributed by atoms with E-state index >= 15 is 0 Å². The fraction of sp³-hybridized carbons (Fsp3) is 0.353. The Morgan fingerprint density at radius 1 is 1.17 bits per heavy atom. The van der Waals surface area contributed by atoms with Crippen LogP contribution in [0.15, 0.2) is 30.5 Å². The molecule has 1 aromatic carbocycles. The Morgan fingerprint density at radius 3 is 2.52 bits per heavy atom. The molecule has 1 amide bonds. The van der Waals surface area contributed by atoms with Crippen LogP contribution in [0.3, 0.4) is 0 Å². The van der Waals surface area contributed by atoms with Crippen LogP contribution in [0.5, 0.6) is 0 Å². The van der Waals surface area contributed by atoms with Gasteiger partial charge >= 0.3 is 0 Å². The van der Waals surface area contributed by atoms with Crippen molar-refractivity contribution in [2.45, 2.75) is 38.1 Å². The highest BCUT2D eigenvalue weighted by molar-refractivity contribution is 6.32. The first-order valence-electron chi connectivity index (χ1n) is 7.83. The van der Waals surface area contributed by atoms with Crippen molar-refractivity contribution in [3.05, 3.63) is 41.0 Å². The van der Waals surface area contributed by atoms with Crippen molar-refractivity contribution in [2.24, 2.45) is 5.73 Å². The summed E-state index contributed by atoms with van der Waals surface area (Å²) in [5.41, 5.74) is 7.19. The van der Waals surface area contributed by atoms with Crippen LogP contribution in [0.4, 0.5) is 5.95 Å². The molecule has 1 heterocycles. The molecule has 0 atom stereocenters. The van der Waals surface area contributed by atoms with Gasteiger partial charge in [0.2, 0.25) is 11.9 Å². The van der Waals surface area contributed by atoms with Crippen LogP contribution in [0.2, 0.25) is 5.02 Å². The summed E-state index contributed by atoms with van der Waals surface area (Å²) in [6.45, 7) is 0. The third-order valence-corrected chi connectivity index (χ3v) is 4.40. The van der Waals surface area contributed by atoms with Gasteiger partial charge < -0.3 is 11.1 Å². The summed E-state index contributed by atoms with van der Waals surface area (Å²) in [5.74, 6) is 0.139. The van der Waals surface area contributed by atoms with E-state index in [1.54, 1.807) is 30.5 Å². The lowest BCUT2D eigenvalue weighted by Gasteiger charge is -2.22. The fourth-order valence-corrected chi connectivity index (χ4v) is 3.06. The second-order valence-electron chi connectivity index (χ2n) is 5.81. The van der Waals surface area contributed by atoms with E-state index in [2.05, 4.69) is 15.3 Å². The molecule has 0 bridgehead atoms. The summed E-state index contributed by atoms with van der Waals surface area (Å²) in [6.07, 6.45) is 7.69. The number of hydrogen-bond acceptors (Lipinski definition) is 4. The number of halogens is 1. The maximum Gasteiger partial charge on any atom is 0.248 e. The number of nitrogens with zero attached hydrogens (tertiary/aromatic N) is 2. The molecule has 0 unspecified atom stereocenters. The Hall–Kier alpha value is -2.14. The van der Waals surface area contributed by atoms with Crippen LogP contribution in [-0.2, 0) is 0 Å². The molecule has 1 aliphatic rings. The van der Waals surface area contributed by atoms with Gasteiger partial charge in [0.1, 0.15) is 0 Å². The van der Waals surface area contributed by atoms with Gasteiger partial charge in [-0.05, 0) is 25.0 Å². The van der Waals surface area contributed by atoms with Gasteiger partial charge in [0.05, 0.1) is 16.9 Å². The van der Waals surface area contributed by atoms with E-state index in [1.165, 1.54) is 19.3 Å². The van der Waals surface area contributed by atoms with Crippen LogP contribution < -0.4 is 11.1 Å². The molecule has 1 aliphatic carbocycles. The topological polar surface area (TPSA) is 80.9 Å². The third-order valence-electron chi connectivity index (χ3n) is 4.13. The second-order valence-corrected chi connectivity index (χ2v) is 6.22. The number of carbonyl (C=O) groups is 1. The Bertz CT molecular complexity index is 696. The van der Waals surface area contributed by atoms with E-state index in [9.17, 15) is 4.79 Å². The molecule has 6 heteroatoms. The van der Waals surface area contributed by atoms with Gasteiger partial charge in [0.15, 0.2) is 0 Å². The smallest absolute Gasteiger partial charge is 0.248 e.